The fraction of sp³-hybridized carbons (Fsp3) is 0.400. The van der Waals surface area contributed by atoms with Crippen LogP contribution in [0.4, 0.5) is 0 Å². The summed E-state index contributed by atoms with van der Waals surface area (Å²) in [7, 11) is -5.82. The molecule has 0 aliphatic carbocycles. The normalized spacial score (nSPS) is 22.8. The fourth-order valence-electron chi connectivity index (χ4n) is 6.64. The molecule has 282 valence electrons. The molecule has 11 nitrogen and oxygen atoms in total. The Bertz CT molecular complexity index is 2180. The molecule has 4 aromatic rings. The van der Waals surface area contributed by atoms with Crippen molar-refractivity contribution in [2.24, 2.45) is 7.05 Å². The van der Waals surface area contributed by atoms with Crippen LogP contribution >= 0.6 is 0 Å². The zero-order valence-electron chi connectivity index (χ0n) is 31.4. The van der Waals surface area contributed by atoms with Gasteiger partial charge in [0.1, 0.15) is 12.2 Å². The Morgan fingerprint density at radius 1 is 0.887 bits per heavy atom. The van der Waals surface area contributed by atoms with Gasteiger partial charge in [-0.1, -0.05) is 112 Å². The predicted molar refractivity (Wildman–Crippen MR) is 206 cm³/mol. The molecule has 0 saturated carbocycles. The summed E-state index contributed by atoms with van der Waals surface area (Å²) in [6.07, 6.45) is -1.97. The van der Waals surface area contributed by atoms with E-state index in [1.165, 1.54) is 17.8 Å². The summed E-state index contributed by atoms with van der Waals surface area (Å²) in [5.74, 6) is 0. The van der Waals surface area contributed by atoms with Crippen LogP contribution in [0.15, 0.2) is 117 Å². The van der Waals surface area contributed by atoms with E-state index in [-0.39, 0.29) is 36.1 Å². The SMILES string of the molecule is Cc1cn([C@@H]2OC(COCc3ccccc3)C3(OS(=O)(=O)C(Cc4ccccc4)=C3NCc3ccccc3)[C@H]2O[Si](C)(C)C(C)(C)C)c(=O)n(C)c1=O. The Hall–Kier alpha value is -4.11. The number of rotatable bonds is 12. The van der Waals surface area contributed by atoms with Crippen LogP contribution in [0, 0.1) is 6.92 Å². The lowest BCUT2D eigenvalue weighted by atomic mass is 9.87. The maximum atomic E-state index is 14.6. The molecule has 13 heteroatoms. The summed E-state index contributed by atoms with van der Waals surface area (Å²) in [5, 5.41) is 3.16. The van der Waals surface area contributed by atoms with Crippen molar-refractivity contribution in [3.8, 4) is 0 Å². The molecule has 0 amide bonds. The summed E-state index contributed by atoms with van der Waals surface area (Å²) >= 11 is 0. The molecule has 53 heavy (non-hydrogen) atoms. The number of allylic oxidation sites excluding steroid dienone is 1. The van der Waals surface area contributed by atoms with Crippen LogP contribution in [-0.4, -0.2) is 50.3 Å². The van der Waals surface area contributed by atoms with Crippen molar-refractivity contribution >= 4 is 18.4 Å². The molecular weight excluding hydrogens is 711 g/mol. The highest BCUT2D eigenvalue weighted by Gasteiger charge is 2.69. The molecule has 1 N–H and O–H groups in total. The van der Waals surface area contributed by atoms with Crippen molar-refractivity contribution in [3.63, 3.8) is 0 Å². The smallest absolute Gasteiger partial charge is 0.332 e. The number of ether oxygens (including phenoxy) is 2. The van der Waals surface area contributed by atoms with Crippen molar-refractivity contribution in [1.29, 1.82) is 0 Å². The van der Waals surface area contributed by atoms with Gasteiger partial charge >= 0.3 is 5.69 Å². The first-order valence-corrected chi connectivity index (χ1v) is 22.1. The lowest BCUT2D eigenvalue weighted by Gasteiger charge is -2.44. The van der Waals surface area contributed by atoms with E-state index in [4.69, 9.17) is 18.1 Å². The first-order chi connectivity index (χ1) is 25.0. The van der Waals surface area contributed by atoms with Gasteiger partial charge in [-0.3, -0.25) is 13.9 Å². The van der Waals surface area contributed by atoms with Crippen LogP contribution in [0.25, 0.3) is 0 Å². The summed E-state index contributed by atoms with van der Waals surface area (Å²) in [5.41, 5.74) is 0.292. The molecule has 2 unspecified atom stereocenters. The number of nitrogens with zero attached hydrogens (tertiary/aromatic N) is 2. The molecule has 4 atom stereocenters. The Labute approximate surface area is 312 Å². The largest absolute Gasteiger partial charge is 0.406 e. The van der Waals surface area contributed by atoms with Gasteiger partial charge in [0.05, 0.1) is 23.8 Å². The third kappa shape index (κ3) is 7.64. The second kappa shape index (κ2) is 15.0. The molecule has 2 aliphatic heterocycles. The molecule has 3 heterocycles. The first-order valence-electron chi connectivity index (χ1n) is 17.8. The maximum absolute atomic E-state index is 14.6. The van der Waals surface area contributed by atoms with Crippen molar-refractivity contribution < 1.29 is 26.5 Å². The standard InChI is InChI=1S/C40H49N3O8SSi/c1-28-25-43(38(45)42(5)36(28)44)37-35(50-53(6,7)39(2,3)4)40(33(49-37)27-48-26-31-21-15-10-16-22-31)34(41-24-30-19-13-9-14-20-30)32(52(46,47)51-40)23-29-17-11-8-12-18-29/h8-22,25,33,35,37,41H,23-24,26-27H2,1-7H3/t33?,35-,37+,40?/m0/s1. The third-order valence-corrected chi connectivity index (χ3v) is 16.5. The quantitative estimate of drug-likeness (QED) is 0.143. The average molecular weight is 760 g/mol. The van der Waals surface area contributed by atoms with E-state index in [0.717, 1.165) is 21.3 Å². The Kier molecular flexibility index (Phi) is 10.9. The van der Waals surface area contributed by atoms with Gasteiger partial charge in [0, 0.05) is 31.8 Å². The van der Waals surface area contributed by atoms with Crippen molar-refractivity contribution in [1.82, 2.24) is 14.5 Å². The summed E-state index contributed by atoms with van der Waals surface area (Å²) in [4.78, 5) is 26.9. The van der Waals surface area contributed by atoms with Crippen LogP contribution in [0.2, 0.25) is 18.1 Å². The highest BCUT2D eigenvalue weighted by Crippen LogP contribution is 2.54. The van der Waals surface area contributed by atoms with E-state index in [9.17, 15) is 18.0 Å². The molecule has 1 spiro atoms. The van der Waals surface area contributed by atoms with E-state index in [1.807, 2.05) is 91.0 Å². The molecule has 1 fully saturated rings. The highest BCUT2D eigenvalue weighted by molar-refractivity contribution is 7.91. The summed E-state index contributed by atoms with van der Waals surface area (Å²) < 4.78 is 58.4. The van der Waals surface area contributed by atoms with Crippen LogP contribution in [0.5, 0.6) is 0 Å². The van der Waals surface area contributed by atoms with Crippen LogP contribution < -0.4 is 16.6 Å². The summed E-state index contributed by atoms with van der Waals surface area (Å²) in [6, 6.07) is 28.6. The zero-order chi connectivity index (χ0) is 38.2. The third-order valence-electron chi connectivity index (χ3n) is 10.6. The van der Waals surface area contributed by atoms with E-state index >= 15 is 0 Å². The van der Waals surface area contributed by atoms with Crippen LogP contribution in [-0.2, 0) is 54.8 Å². The van der Waals surface area contributed by atoms with Gasteiger partial charge in [0.25, 0.3) is 15.7 Å². The number of hydrogen-bond donors (Lipinski definition) is 1. The minimum absolute atomic E-state index is 0.0377. The second-order valence-corrected chi connectivity index (χ2v) is 21.6. The van der Waals surface area contributed by atoms with Gasteiger partial charge < -0.3 is 19.2 Å². The highest BCUT2D eigenvalue weighted by atomic mass is 32.2. The first kappa shape index (κ1) is 38.6. The Balaban J connectivity index is 1.59. The Morgan fingerprint density at radius 3 is 2.04 bits per heavy atom. The Morgan fingerprint density at radius 2 is 1.45 bits per heavy atom. The molecule has 1 saturated heterocycles. The minimum atomic E-state index is -4.43. The van der Waals surface area contributed by atoms with Gasteiger partial charge in [-0.15, -0.1) is 0 Å². The molecular formula is C40H49N3O8SSi. The predicted octanol–water partition coefficient (Wildman–Crippen LogP) is 5.70. The van der Waals surface area contributed by atoms with Crippen molar-refractivity contribution in [3.05, 3.63) is 151 Å². The number of benzene rings is 3. The molecule has 0 bridgehead atoms. The maximum Gasteiger partial charge on any atom is 0.332 e. The molecule has 6 rings (SSSR count). The van der Waals surface area contributed by atoms with Crippen LogP contribution in [0.3, 0.4) is 0 Å². The number of nitrogens with one attached hydrogen (secondary N) is 1. The lowest BCUT2D eigenvalue weighted by Crippen LogP contribution is -2.59. The monoisotopic (exact) mass is 759 g/mol. The molecule has 3 aromatic carbocycles. The van der Waals surface area contributed by atoms with Gasteiger partial charge in [-0.2, -0.15) is 8.42 Å². The van der Waals surface area contributed by atoms with Gasteiger partial charge in [-0.25, -0.2) is 8.98 Å². The van der Waals surface area contributed by atoms with Gasteiger partial charge in [-0.05, 0) is 41.7 Å². The summed E-state index contributed by atoms with van der Waals surface area (Å²) in [6.45, 7) is 12.4. The van der Waals surface area contributed by atoms with E-state index in [1.54, 1.807) is 6.92 Å². The zero-order valence-corrected chi connectivity index (χ0v) is 33.2. The van der Waals surface area contributed by atoms with Crippen molar-refractivity contribution in [2.75, 3.05) is 6.61 Å². The number of aromatic nitrogens is 2. The second-order valence-electron chi connectivity index (χ2n) is 15.3. The van der Waals surface area contributed by atoms with Gasteiger partial charge in [0.15, 0.2) is 20.1 Å². The topological polar surface area (TPSA) is 127 Å². The number of hydrogen-bond acceptors (Lipinski definition) is 9. The van der Waals surface area contributed by atoms with E-state index in [2.05, 4.69) is 39.2 Å². The van der Waals surface area contributed by atoms with Crippen molar-refractivity contribution in [2.45, 2.75) is 89.4 Å². The molecule has 2 aliphatic rings. The van der Waals surface area contributed by atoms with Gasteiger partial charge in [0.2, 0.25) is 0 Å². The minimum Gasteiger partial charge on any atom is -0.406 e. The van der Waals surface area contributed by atoms with E-state index in [0.29, 0.717) is 11.3 Å². The molecule has 1 aromatic heterocycles. The average Bonchev–Trinajstić information content (AvgIpc) is 3.53. The van der Waals surface area contributed by atoms with E-state index < -0.39 is 53.7 Å². The molecule has 0 radical (unpaired) electrons. The fourth-order valence-corrected chi connectivity index (χ4v) is 9.49. The van der Waals surface area contributed by atoms with Crippen LogP contribution in [0.1, 0.15) is 49.3 Å². The number of aryl methyl sites for hydroxylation is 1. The lowest BCUT2D eigenvalue weighted by molar-refractivity contribution is -0.0791.